The average molecular weight is 290 g/mol. The molecule has 0 aliphatic carbocycles. The van der Waals surface area contributed by atoms with Gasteiger partial charge in [-0.25, -0.2) is 0 Å². The van der Waals surface area contributed by atoms with Crippen molar-refractivity contribution in [3.8, 4) is 0 Å². The normalized spacial score (nSPS) is 17.0. The monoisotopic (exact) mass is 290 g/mol. The molecule has 0 saturated carbocycles. The highest BCUT2D eigenvalue weighted by Crippen LogP contribution is 2.21. The number of aliphatic carboxylic acids is 1. The highest BCUT2D eigenvalue weighted by Gasteiger charge is 2.31. The number of amides is 1. The molecule has 1 N–H and O–H groups in total. The lowest BCUT2D eigenvalue weighted by Crippen LogP contribution is -2.51. The summed E-state index contributed by atoms with van der Waals surface area (Å²) >= 11 is 0. The van der Waals surface area contributed by atoms with E-state index in [4.69, 9.17) is 5.11 Å². The van der Waals surface area contributed by atoms with Crippen LogP contribution in [-0.2, 0) is 9.59 Å². The molecule has 1 heterocycles. The molecule has 1 fully saturated rings. The van der Waals surface area contributed by atoms with Crippen LogP contribution in [0.15, 0.2) is 30.3 Å². The Morgan fingerprint density at radius 3 is 2.52 bits per heavy atom. The Balaban J connectivity index is 1.80. The number of hydrogen-bond acceptors (Lipinski definition) is 3. The topological polar surface area (TPSA) is 60.9 Å². The van der Waals surface area contributed by atoms with Gasteiger partial charge in [-0.1, -0.05) is 30.3 Å². The van der Waals surface area contributed by atoms with Crippen molar-refractivity contribution in [2.45, 2.75) is 19.4 Å². The van der Waals surface area contributed by atoms with Crippen LogP contribution in [0.1, 0.15) is 24.9 Å². The van der Waals surface area contributed by atoms with E-state index in [2.05, 4.69) is 0 Å². The van der Waals surface area contributed by atoms with Gasteiger partial charge >= 0.3 is 5.97 Å². The largest absolute Gasteiger partial charge is 0.481 e. The van der Waals surface area contributed by atoms with Gasteiger partial charge in [-0.05, 0) is 18.4 Å². The van der Waals surface area contributed by atoms with E-state index in [1.54, 1.807) is 4.90 Å². The summed E-state index contributed by atoms with van der Waals surface area (Å²) in [7, 11) is 1.81. The number of carboxylic acids is 1. The van der Waals surface area contributed by atoms with Gasteiger partial charge in [0.25, 0.3) is 0 Å². The van der Waals surface area contributed by atoms with E-state index in [1.807, 2.05) is 49.2 Å². The molecule has 0 radical (unpaired) electrons. The first-order valence-electron chi connectivity index (χ1n) is 7.22. The second kappa shape index (κ2) is 6.72. The lowest BCUT2D eigenvalue weighted by molar-refractivity contribution is -0.140. The van der Waals surface area contributed by atoms with Crippen LogP contribution in [0.25, 0.3) is 0 Å². The van der Waals surface area contributed by atoms with Crippen molar-refractivity contribution in [3.63, 3.8) is 0 Å². The zero-order chi connectivity index (χ0) is 15.4. The highest BCUT2D eigenvalue weighted by molar-refractivity contribution is 5.78. The first kappa shape index (κ1) is 15.5. The van der Waals surface area contributed by atoms with E-state index in [1.165, 1.54) is 0 Å². The Morgan fingerprint density at radius 2 is 1.95 bits per heavy atom. The summed E-state index contributed by atoms with van der Waals surface area (Å²) in [6, 6.07) is 9.96. The summed E-state index contributed by atoms with van der Waals surface area (Å²) in [6.07, 6.45) is 0.195. The summed E-state index contributed by atoms with van der Waals surface area (Å²) in [6.45, 7) is 3.78. The molecule has 0 bridgehead atoms. The zero-order valence-corrected chi connectivity index (χ0v) is 12.5. The number of benzene rings is 1. The summed E-state index contributed by atoms with van der Waals surface area (Å²) in [5.74, 6) is -0.506. The lowest BCUT2D eigenvalue weighted by Gasteiger charge is -2.39. The summed E-state index contributed by atoms with van der Waals surface area (Å²) in [5, 5.41) is 8.71. The molecule has 1 aromatic rings. The van der Waals surface area contributed by atoms with Gasteiger partial charge < -0.3 is 10.0 Å². The number of hydrogen-bond donors (Lipinski definition) is 1. The van der Waals surface area contributed by atoms with Gasteiger partial charge in [0.05, 0.1) is 19.0 Å². The van der Waals surface area contributed by atoms with Crippen molar-refractivity contribution in [1.82, 2.24) is 9.80 Å². The molecule has 1 amide bonds. The maximum Gasteiger partial charge on any atom is 0.303 e. The second-order valence-corrected chi connectivity index (χ2v) is 5.75. The van der Waals surface area contributed by atoms with Crippen molar-refractivity contribution in [2.24, 2.45) is 5.92 Å². The van der Waals surface area contributed by atoms with Gasteiger partial charge in [-0.3, -0.25) is 14.5 Å². The summed E-state index contributed by atoms with van der Waals surface area (Å²) in [5.41, 5.74) is 1.11. The molecule has 1 atom stereocenters. The molecule has 1 aliphatic heterocycles. The Morgan fingerprint density at radius 1 is 1.33 bits per heavy atom. The quantitative estimate of drug-likeness (QED) is 0.864. The molecule has 114 valence electrons. The van der Waals surface area contributed by atoms with Gasteiger partial charge in [0, 0.05) is 20.1 Å². The Kier molecular flexibility index (Phi) is 4.96. The van der Waals surface area contributed by atoms with Gasteiger partial charge in [-0.15, -0.1) is 0 Å². The van der Waals surface area contributed by atoms with Crippen LogP contribution in [0.2, 0.25) is 0 Å². The van der Waals surface area contributed by atoms with E-state index < -0.39 is 5.97 Å². The van der Waals surface area contributed by atoms with E-state index in [0.29, 0.717) is 19.6 Å². The van der Waals surface area contributed by atoms with Crippen LogP contribution in [0.3, 0.4) is 0 Å². The SMILES string of the molecule is CC(c1ccccc1)N(C)C(=O)CN1CC(CC(=O)O)C1. The van der Waals surface area contributed by atoms with E-state index in [-0.39, 0.29) is 24.3 Å². The maximum absolute atomic E-state index is 12.3. The third kappa shape index (κ3) is 4.04. The van der Waals surface area contributed by atoms with E-state index >= 15 is 0 Å². The predicted molar refractivity (Wildman–Crippen MR) is 79.8 cm³/mol. The molecule has 5 heteroatoms. The van der Waals surface area contributed by atoms with Crippen LogP contribution < -0.4 is 0 Å². The molecule has 21 heavy (non-hydrogen) atoms. The number of carboxylic acid groups (broad SMARTS) is 1. The van der Waals surface area contributed by atoms with Gasteiger partial charge in [-0.2, -0.15) is 0 Å². The van der Waals surface area contributed by atoms with Crippen molar-refractivity contribution < 1.29 is 14.7 Å². The smallest absolute Gasteiger partial charge is 0.303 e. The third-order valence-electron chi connectivity index (χ3n) is 4.11. The molecule has 1 saturated heterocycles. The van der Waals surface area contributed by atoms with E-state index in [0.717, 1.165) is 5.56 Å². The fourth-order valence-corrected chi connectivity index (χ4v) is 2.66. The van der Waals surface area contributed by atoms with Crippen LogP contribution in [0.4, 0.5) is 0 Å². The Bertz CT molecular complexity index is 498. The molecule has 1 aliphatic rings. The number of rotatable bonds is 6. The molecule has 1 aromatic carbocycles. The van der Waals surface area contributed by atoms with Crippen molar-refractivity contribution in [1.29, 1.82) is 0 Å². The van der Waals surface area contributed by atoms with Crippen LogP contribution in [-0.4, -0.2) is 53.5 Å². The van der Waals surface area contributed by atoms with Crippen LogP contribution in [0, 0.1) is 5.92 Å². The van der Waals surface area contributed by atoms with E-state index in [9.17, 15) is 9.59 Å². The fraction of sp³-hybridized carbons (Fsp3) is 0.500. The maximum atomic E-state index is 12.3. The fourth-order valence-electron chi connectivity index (χ4n) is 2.66. The summed E-state index contributed by atoms with van der Waals surface area (Å²) < 4.78 is 0. The molecular formula is C16H22N2O3. The van der Waals surface area contributed by atoms with Crippen molar-refractivity contribution in [3.05, 3.63) is 35.9 Å². The standard InChI is InChI=1S/C16H22N2O3/c1-12(14-6-4-3-5-7-14)17(2)15(19)11-18-9-13(10-18)8-16(20)21/h3-7,12-13H,8-11H2,1-2H3,(H,20,21). The second-order valence-electron chi connectivity index (χ2n) is 5.75. The zero-order valence-electron chi connectivity index (χ0n) is 12.5. The number of carbonyl (C=O) groups excluding carboxylic acids is 1. The first-order valence-corrected chi connectivity index (χ1v) is 7.22. The molecule has 1 unspecified atom stereocenters. The minimum atomic E-state index is -0.763. The minimum Gasteiger partial charge on any atom is -0.481 e. The minimum absolute atomic E-state index is 0.0368. The van der Waals surface area contributed by atoms with Crippen LogP contribution >= 0.6 is 0 Å². The molecule has 0 aromatic heterocycles. The summed E-state index contributed by atoms with van der Waals surface area (Å²) in [4.78, 5) is 26.6. The Labute approximate surface area is 125 Å². The van der Waals surface area contributed by atoms with Gasteiger partial charge in [0.2, 0.25) is 5.91 Å². The van der Waals surface area contributed by atoms with Crippen molar-refractivity contribution in [2.75, 3.05) is 26.7 Å². The van der Waals surface area contributed by atoms with Gasteiger partial charge in [0.15, 0.2) is 0 Å². The number of nitrogens with zero attached hydrogens (tertiary/aromatic N) is 2. The average Bonchev–Trinajstić information content (AvgIpc) is 2.43. The molecule has 0 spiro atoms. The highest BCUT2D eigenvalue weighted by atomic mass is 16.4. The van der Waals surface area contributed by atoms with Gasteiger partial charge in [0.1, 0.15) is 0 Å². The van der Waals surface area contributed by atoms with Crippen LogP contribution in [0.5, 0.6) is 0 Å². The number of likely N-dealkylation sites (tertiary alicyclic amines) is 1. The number of carbonyl (C=O) groups is 2. The lowest BCUT2D eigenvalue weighted by atomic mass is 9.96. The molecular weight excluding hydrogens is 268 g/mol. The molecule has 2 rings (SSSR count). The Hall–Kier alpha value is -1.88. The first-order chi connectivity index (χ1) is 9.97. The number of likely N-dealkylation sites (N-methyl/N-ethyl adjacent to an activating group) is 1. The predicted octanol–water partition coefficient (Wildman–Crippen LogP) is 1.61. The molecule has 5 nitrogen and oxygen atoms in total. The third-order valence-corrected chi connectivity index (χ3v) is 4.11. The van der Waals surface area contributed by atoms with Crippen molar-refractivity contribution >= 4 is 11.9 Å².